The van der Waals surface area contributed by atoms with Crippen LogP contribution in [0, 0.1) is 0 Å². The predicted octanol–water partition coefficient (Wildman–Crippen LogP) is -1.36. The topological polar surface area (TPSA) is 90.6 Å². The molecule has 1 atom stereocenters. The third-order valence-corrected chi connectivity index (χ3v) is 1.87. The van der Waals surface area contributed by atoms with Crippen molar-refractivity contribution < 1.29 is 4.74 Å². The van der Waals surface area contributed by atoms with Gasteiger partial charge in [0.05, 0.1) is 0 Å². The van der Waals surface area contributed by atoms with E-state index in [1.54, 1.807) is 0 Å². The number of epoxide rings is 1. The quantitative estimate of drug-likeness (QED) is 0.153. The van der Waals surface area contributed by atoms with Gasteiger partial charge >= 0.3 is 0 Å². The molecule has 1 unspecified atom stereocenters. The van der Waals surface area contributed by atoms with Crippen molar-refractivity contribution >= 4 is 22.6 Å². The molecule has 0 saturated carbocycles. The highest BCUT2D eigenvalue weighted by atomic mass is 127. The summed E-state index contributed by atoms with van der Waals surface area (Å²) in [7, 11) is 0. The molecule has 0 radical (unpaired) electrons. The van der Waals surface area contributed by atoms with Crippen LogP contribution in [0.1, 0.15) is 0 Å². The highest BCUT2D eigenvalue weighted by Gasteiger charge is 2.62. The minimum Gasteiger partial charge on any atom is -0.307 e. The van der Waals surface area contributed by atoms with Crippen LogP contribution in [0.2, 0.25) is 0 Å². The van der Waals surface area contributed by atoms with Crippen molar-refractivity contribution in [2.75, 3.05) is 0 Å². The summed E-state index contributed by atoms with van der Waals surface area (Å²) in [6.07, 6.45) is 0. The van der Waals surface area contributed by atoms with E-state index in [2.05, 4.69) is 4.74 Å². The summed E-state index contributed by atoms with van der Waals surface area (Å²) < 4.78 is 3.78. The van der Waals surface area contributed by atoms with Gasteiger partial charge in [0.15, 0.2) is 0 Å². The van der Waals surface area contributed by atoms with E-state index in [1.165, 1.54) is 0 Å². The highest BCUT2D eigenvalue weighted by molar-refractivity contribution is 14.1. The second kappa shape index (κ2) is 1.11. The molecule has 42 valence electrons. The van der Waals surface area contributed by atoms with Gasteiger partial charge in [-0.1, -0.05) is 0 Å². The molecule has 0 aliphatic carbocycles. The smallest absolute Gasteiger partial charge is 0.229 e. The third-order valence-electron chi connectivity index (χ3n) is 0.809. The lowest BCUT2D eigenvalue weighted by molar-refractivity contribution is 0.302. The summed E-state index contributed by atoms with van der Waals surface area (Å²) in [6.45, 7) is 0. The first-order valence-corrected chi connectivity index (χ1v) is 2.79. The van der Waals surface area contributed by atoms with Crippen molar-refractivity contribution in [3.05, 3.63) is 0 Å². The first-order chi connectivity index (χ1) is 2.96. The molecule has 0 aromatic rings. The van der Waals surface area contributed by atoms with Gasteiger partial charge in [-0.25, -0.2) is 0 Å². The number of halogens is 1. The minimum absolute atomic E-state index is 0.829. The maximum atomic E-state index is 5.26. The Balaban J connectivity index is 2.59. The maximum absolute atomic E-state index is 5.26. The Bertz CT molecular complexity index is 89.1. The van der Waals surface area contributed by atoms with Crippen molar-refractivity contribution in [3.8, 4) is 0 Å². The average molecular weight is 215 g/mol. The molecule has 5 heteroatoms. The van der Waals surface area contributed by atoms with Crippen LogP contribution >= 0.6 is 22.6 Å². The molecule has 4 nitrogen and oxygen atoms in total. The zero-order chi connectivity index (χ0) is 5.71. The molecule has 1 heterocycles. The Kier molecular flexibility index (Phi) is 0.902. The van der Waals surface area contributed by atoms with Crippen LogP contribution in [0.5, 0.6) is 0 Å². The molecule has 7 heavy (non-hydrogen) atoms. The van der Waals surface area contributed by atoms with Crippen LogP contribution in [0.3, 0.4) is 0 Å². The fourth-order valence-corrected chi connectivity index (χ4v) is 0.585. The summed E-state index contributed by atoms with van der Waals surface area (Å²) >= 11 is 1.84. The lowest BCUT2D eigenvalue weighted by Gasteiger charge is -1.94. The van der Waals surface area contributed by atoms with Crippen LogP contribution in [0.25, 0.3) is 0 Å². The van der Waals surface area contributed by atoms with E-state index in [9.17, 15) is 0 Å². The average Bonchev–Trinajstić information content (AvgIpc) is 1.63. The van der Waals surface area contributed by atoms with E-state index >= 15 is 0 Å². The number of nitrogens with two attached hydrogens (primary N) is 3. The maximum Gasteiger partial charge on any atom is 0.229 e. The van der Waals surface area contributed by atoms with Crippen LogP contribution in [0.15, 0.2) is 0 Å². The van der Waals surface area contributed by atoms with Gasteiger partial charge in [0.2, 0.25) is 9.58 Å². The van der Waals surface area contributed by atoms with Gasteiger partial charge in [0, 0.05) is 0 Å². The second-order valence-electron chi connectivity index (χ2n) is 1.54. The van der Waals surface area contributed by atoms with Gasteiger partial charge in [-0.2, -0.15) is 0 Å². The summed E-state index contributed by atoms with van der Waals surface area (Å²) in [5.41, 5.74) is 15.6. The van der Waals surface area contributed by atoms with Gasteiger partial charge in [-0.3, -0.25) is 17.2 Å². The van der Waals surface area contributed by atoms with Crippen molar-refractivity contribution in [1.29, 1.82) is 0 Å². The van der Waals surface area contributed by atoms with E-state index in [4.69, 9.17) is 17.2 Å². The third kappa shape index (κ3) is 0.745. The summed E-state index contributed by atoms with van der Waals surface area (Å²) in [5.74, 6) is -1.09. The summed E-state index contributed by atoms with van der Waals surface area (Å²) in [5, 5.41) is 0. The molecule has 0 bridgehead atoms. The number of hydrogen-bond acceptors (Lipinski definition) is 4. The van der Waals surface area contributed by atoms with E-state index < -0.39 is 9.58 Å². The molecule has 1 rings (SSSR count). The second-order valence-corrected chi connectivity index (χ2v) is 3.14. The molecule has 6 N–H and O–H groups in total. The van der Waals surface area contributed by atoms with Gasteiger partial charge in [-0.15, -0.1) is 0 Å². The summed E-state index contributed by atoms with van der Waals surface area (Å²) in [4.78, 5) is 0. The standard InChI is InChI=1S/C2H6IN3O/c3-1(4)2(5,6)7-1/h4-6H2. The molecule has 0 aromatic carbocycles. The fourth-order valence-electron chi connectivity index (χ4n) is 0.220. The Hall–Kier alpha value is 0.570. The molecule has 0 spiro atoms. The van der Waals surface area contributed by atoms with Gasteiger partial charge in [0.25, 0.3) is 0 Å². The lowest BCUT2D eigenvalue weighted by Crippen LogP contribution is -2.44. The molecule has 1 aliphatic rings. The largest absolute Gasteiger partial charge is 0.307 e. The fraction of sp³-hybridized carbons (Fsp3) is 1.00. The highest BCUT2D eigenvalue weighted by Crippen LogP contribution is 2.39. The number of alkyl halides is 1. The van der Waals surface area contributed by atoms with Crippen molar-refractivity contribution in [2.45, 2.75) is 9.58 Å². The van der Waals surface area contributed by atoms with Gasteiger partial charge in [-0.05, 0) is 22.6 Å². The molecule has 1 fully saturated rings. The van der Waals surface area contributed by atoms with Crippen molar-refractivity contribution in [2.24, 2.45) is 17.2 Å². The van der Waals surface area contributed by atoms with E-state index in [0.29, 0.717) is 0 Å². The molecule has 0 aromatic heterocycles. The van der Waals surface area contributed by atoms with E-state index in [1.807, 2.05) is 22.6 Å². The Morgan fingerprint density at radius 3 is 1.43 bits per heavy atom. The van der Waals surface area contributed by atoms with E-state index in [-0.39, 0.29) is 0 Å². The SMILES string of the molecule is NC1(N)OC1(N)I. The zero-order valence-corrected chi connectivity index (χ0v) is 5.68. The van der Waals surface area contributed by atoms with E-state index in [0.717, 1.165) is 0 Å². The first-order valence-electron chi connectivity index (χ1n) is 1.71. The van der Waals surface area contributed by atoms with Crippen LogP contribution in [-0.4, -0.2) is 9.58 Å². The number of rotatable bonds is 0. The molecular formula is C2H6IN3O. The number of ether oxygens (including phenoxy) is 1. The molecular weight excluding hydrogens is 209 g/mol. The van der Waals surface area contributed by atoms with Crippen molar-refractivity contribution in [1.82, 2.24) is 0 Å². The van der Waals surface area contributed by atoms with Crippen LogP contribution < -0.4 is 17.2 Å². The first kappa shape index (κ1) is 5.70. The van der Waals surface area contributed by atoms with Crippen LogP contribution in [0.4, 0.5) is 0 Å². The van der Waals surface area contributed by atoms with Crippen LogP contribution in [-0.2, 0) is 4.74 Å². The molecule has 1 saturated heterocycles. The molecule has 0 amide bonds. The predicted molar refractivity (Wildman–Crippen MR) is 33.1 cm³/mol. The Morgan fingerprint density at radius 2 is 1.43 bits per heavy atom. The van der Waals surface area contributed by atoms with Gasteiger partial charge < -0.3 is 4.74 Å². The summed E-state index contributed by atoms with van der Waals surface area (Å²) in [6, 6.07) is 0. The number of hydrogen-bond donors (Lipinski definition) is 3. The lowest BCUT2D eigenvalue weighted by atomic mass is 10.6. The Morgan fingerprint density at radius 1 is 1.29 bits per heavy atom. The van der Waals surface area contributed by atoms with Gasteiger partial charge in [0.1, 0.15) is 0 Å². The Labute approximate surface area is 54.5 Å². The normalized spacial score (nSPS) is 46.3. The monoisotopic (exact) mass is 215 g/mol. The molecule has 1 aliphatic heterocycles. The minimum atomic E-state index is -1.09. The van der Waals surface area contributed by atoms with Crippen molar-refractivity contribution in [3.63, 3.8) is 0 Å². The zero-order valence-electron chi connectivity index (χ0n) is 3.52.